The molecule has 1 N–H and O–H groups in total. The number of methoxy groups -OCH3 is 1. The zero-order valence-corrected chi connectivity index (χ0v) is 18.3. The summed E-state index contributed by atoms with van der Waals surface area (Å²) >= 11 is 0. The molecule has 0 spiro atoms. The molecule has 2 aromatic carbocycles. The number of aromatic amines is 1. The number of ether oxygens (including phenoxy) is 1. The van der Waals surface area contributed by atoms with Gasteiger partial charge in [-0.15, -0.1) is 0 Å². The van der Waals surface area contributed by atoms with E-state index in [9.17, 15) is 0 Å². The molecule has 6 nitrogen and oxygen atoms in total. The summed E-state index contributed by atoms with van der Waals surface area (Å²) in [6, 6.07) is 14.6. The first kappa shape index (κ1) is 21.0. The van der Waals surface area contributed by atoms with Gasteiger partial charge < -0.3 is 14.6 Å². The molecule has 0 amide bonds. The van der Waals surface area contributed by atoms with Gasteiger partial charge in [0.2, 0.25) is 0 Å². The molecule has 2 heterocycles. The number of hydrogen-bond donors (Lipinski definition) is 1. The first-order valence-electron chi connectivity index (χ1n) is 10.8. The highest BCUT2D eigenvalue weighted by molar-refractivity contribution is 5.99. The Kier molecular flexibility index (Phi) is 6.54. The van der Waals surface area contributed by atoms with Crippen molar-refractivity contribution in [2.24, 2.45) is 4.99 Å². The molecule has 1 aromatic heterocycles. The molecule has 1 aliphatic heterocycles. The molecular formula is C25H29N5O. The van der Waals surface area contributed by atoms with Gasteiger partial charge in [0, 0.05) is 68.2 Å². The third kappa shape index (κ3) is 4.73. The highest BCUT2D eigenvalue weighted by atomic mass is 16.5. The van der Waals surface area contributed by atoms with Gasteiger partial charge >= 0.3 is 0 Å². The minimum atomic E-state index is 0.631. The number of nitrogens with one attached hydrogen (secondary N) is 1. The Morgan fingerprint density at radius 2 is 2.00 bits per heavy atom. The molecule has 1 aliphatic rings. The second kappa shape index (κ2) is 9.67. The maximum atomic E-state index is 9.10. The van der Waals surface area contributed by atoms with Crippen molar-refractivity contribution in [3.63, 3.8) is 0 Å². The van der Waals surface area contributed by atoms with Crippen LogP contribution in [0.5, 0.6) is 5.75 Å². The van der Waals surface area contributed by atoms with E-state index in [-0.39, 0.29) is 0 Å². The number of aryl methyl sites for hydroxylation is 1. The molecule has 0 saturated carbocycles. The lowest BCUT2D eigenvalue weighted by atomic mass is 10.1. The molecule has 0 unspecified atom stereocenters. The molecule has 0 atom stereocenters. The summed E-state index contributed by atoms with van der Waals surface area (Å²) < 4.78 is 5.51. The minimum Gasteiger partial charge on any atom is -0.495 e. The maximum absolute atomic E-state index is 9.10. The van der Waals surface area contributed by atoms with E-state index in [0.29, 0.717) is 5.56 Å². The van der Waals surface area contributed by atoms with Gasteiger partial charge in [-0.1, -0.05) is 12.1 Å². The number of H-pyrrole nitrogens is 1. The molecule has 6 heteroatoms. The molecule has 1 fully saturated rings. The quantitative estimate of drug-likeness (QED) is 0.595. The molecule has 1 saturated heterocycles. The summed E-state index contributed by atoms with van der Waals surface area (Å²) in [6.07, 6.45) is 6.14. The molecule has 0 radical (unpaired) electrons. The zero-order valence-electron chi connectivity index (χ0n) is 18.3. The fourth-order valence-corrected chi connectivity index (χ4v) is 4.32. The first-order chi connectivity index (χ1) is 15.2. The van der Waals surface area contributed by atoms with Gasteiger partial charge in [0.05, 0.1) is 24.4 Å². The van der Waals surface area contributed by atoms with Crippen LogP contribution in [0.1, 0.15) is 23.1 Å². The van der Waals surface area contributed by atoms with E-state index in [2.05, 4.69) is 44.0 Å². The average molecular weight is 416 g/mol. The summed E-state index contributed by atoms with van der Waals surface area (Å²) in [5.74, 6) is 0.778. The predicted molar refractivity (Wildman–Crippen MR) is 126 cm³/mol. The van der Waals surface area contributed by atoms with Crippen LogP contribution in [0, 0.1) is 11.3 Å². The van der Waals surface area contributed by atoms with Gasteiger partial charge in [-0.3, -0.25) is 9.89 Å². The number of nitriles is 1. The van der Waals surface area contributed by atoms with E-state index in [1.165, 1.54) is 16.5 Å². The van der Waals surface area contributed by atoms with Crippen LogP contribution in [0.15, 0.2) is 47.6 Å². The summed E-state index contributed by atoms with van der Waals surface area (Å²) in [5.41, 5.74) is 5.40. The lowest BCUT2D eigenvalue weighted by Gasteiger charge is -2.36. The van der Waals surface area contributed by atoms with Crippen LogP contribution in [0.3, 0.4) is 0 Å². The lowest BCUT2D eigenvalue weighted by molar-refractivity contribution is 0.254. The molecule has 31 heavy (non-hydrogen) atoms. The van der Waals surface area contributed by atoms with Crippen molar-refractivity contribution in [2.75, 3.05) is 51.8 Å². The van der Waals surface area contributed by atoms with Gasteiger partial charge in [0.25, 0.3) is 0 Å². The van der Waals surface area contributed by atoms with Gasteiger partial charge in [-0.25, -0.2) is 0 Å². The van der Waals surface area contributed by atoms with E-state index in [0.717, 1.165) is 62.6 Å². The molecule has 160 valence electrons. The number of rotatable bonds is 7. The number of hydrogen-bond acceptors (Lipinski definition) is 5. The van der Waals surface area contributed by atoms with Gasteiger partial charge in [0.1, 0.15) is 5.75 Å². The highest BCUT2D eigenvalue weighted by Crippen LogP contribution is 2.30. The molecular weight excluding hydrogens is 386 g/mol. The second-order valence-electron chi connectivity index (χ2n) is 7.94. The number of nitrogens with zero attached hydrogens (tertiary/aromatic N) is 4. The zero-order chi connectivity index (χ0) is 21.6. The molecule has 0 aliphatic carbocycles. The van der Waals surface area contributed by atoms with Crippen LogP contribution in [0.4, 0.5) is 5.69 Å². The van der Waals surface area contributed by atoms with Crippen LogP contribution < -0.4 is 9.64 Å². The summed E-state index contributed by atoms with van der Waals surface area (Å²) in [4.78, 5) is 12.4. The number of aromatic nitrogens is 1. The van der Waals surface area contributed by atoms with Crippen LogP contribution in [0.25, 0.3) is 10.9 Å². The Bertz CT molecular complexity index is 1100. The lowest BCUT2D eigenvalue weighted by Crippen LogP contribution is -2.46. The summed E-state index contributed by atoms with van der Waals surface area (Å²) in [6.45, 7) is 5.13. The second-order valence-corrected chi connectivity index (χ2v) is 7.94. The number of fused-ring (bicyclic) bond motifs is 1. The third-order valence-corrected chi connectivity index (χ3v) is 6.01. The Morgan fingerprint density at radius 1 is 1.16 bits per heavy atom. The monoisotopic (exact) mass is 415 g/mol. The fraction of sp³-hybridized carbons (Fsp3) is 0.360. The SMILES string of the molecule is CN=Cc1c[nH]c2cc(CCCN3CCN(c4ccc(C#N)cc4OC)CC3)ccc12. The number of anilines is 1. The van der Waals surface area contributed by atoms with Crippen LogP contribution in [0.2, 0.25) is 0 Å². The van der Waals surface area contributed by atoms with Crippen molar-refractivity contribution in [1.82, 2.24) is 9.88 Å². The maximum Gasteiger partial charge on any atom is 0.143 e. The number of benzene rings is 2. The normalized spacial score (nSPS) is 14.9. The van der Waals surface area contributed by atoms with E-state index in [1.807, 2.05) is 30.6 Å². The van der Waals surface area contributed by atoms with E-state index in [1.54, 1.807) is 14.2 Å². The highest BCUT2D eigenvalue weighted by Gasteiger charge is 2.19. The van der Waals surface area contributed by atoms with Gasteiger partial charge in [0.15, 0.2) is 0 Å². The topological polar surface area (TPSA) is 67.7 Å². The van der Waals surface area contributed by atoms with E-state index in [4.69, 9.17) is 10.00 Å². The summed E-state index contributed by atoms with van der Waals surface area (Å²) in [5, 5.41) is 10.3. The van der Waals surface area contributed by atoms with Crippen molar-refractivity contribution in [3.8, 4) is 11.8 Å². The van der Waals surface area contributed by atoms with Gasteiger partial charge in [-0.05, 0) is 43.1 Å². The largest absolute Gasteiger partial charge is 0.495 e. The smallest absolute Gasteiger partial charge is 0.143 e. The third-order valence-electron chi connectivity index (χ3n) is 6.01. The van der Waals surface area contributed by atoms with Crippen molar-refractivity contribution >= 4 is 22.8 Å². The number of aliphatic imine (C=N–C) groups is 1. The van der Waals surface area contributed by atoms with Crippen molar-refractivity contribution in [1.29, 1.82) is 5.26 Å². The van der Waals surface area contributed by atoms with Crippen LogP contribution in [-0.4, -0.2) is 63.0 Å². The standard InChI is InChI=1S/C25H29N5O/c1-27-17-21-18-28-23-14-19(5-7-22(21)23)4-3-9-29-10-12-30(13-11-29)24-8-6-20(16-26)15-25(24)31-2/h5-8,14-15,17-18,28H,3-4,9-13H2,1-2H3. The molecule has 0 bridgehead atoms. The van der Waals surface area contributed by atoms with E-state index >= 15 is 0 Å². The van der Waals surface area contributed by atoms with Crippen molar-refractivity contribution in [2.45, 2.75) is 12.8 Å². The Labute approximate surface area is 183 Å². The number of piperazine rings is 1. The summed E-state index contributed by atoms with van der Waals surface area (Å²) in [7, 11) is 3.47. The molecule has 3 aromatic rings. The van der Waals surface area contributed by atoms with E-state index < -0.39 is 0 Å². The van der Waals surface area contributed by atoms with Gasteiger partial charge in [-0.2, -0.15) is 5.26 Å². The molecule has 4 rings (SSSR count). The van der Waals surface area contributed by atoms with Crippen molar-refractivity contribution in [3.05, 3.63) is 59.3 Å². The predicted octanol–water partition coefficient (Wildman–Crippen LogP) is 3.85. The Balaban J connectivity index is 1.28. The Morgan fingerprint density at radius 3 is 2.74 bits per heavy atom. The van der Waals surface area contributed by atoms with Crippen molar-refractivity contribution < 1.29 is 4.74 Å². The first-order valence-corrected chi connectivity index (χ1v) is 10.8. The fourth-order valence-electron chi connectivity index (χ4n) is 4.32. The minimum absolute atomic E-state index is 0.631. The van der Waals surface area contributed by atoms with Crippen LogP contribution in [-0.2, 0) is 6.42 Å². The average Bonchev–Trinajstić information content (AvgIpc) is 3.21. The van der Waals surface area contributed by atoms with Crippen LogP contribution >= 0.6 is 0 Å². The Hall–Kier alpha value is -3.30.